The van der Waals surface area contributed by atoms with Crippen LogP contribution in [-0.2, 0) is 6.54 Å². The largest absolute Gasteiger partial charge is 0.396 e. The molecule has 1 aromatic carbocycles. The Labute approximate surface area is 128 Å². The van der Waals surface area contributed by atoms with Gasteiger partial charge >= 0.3 is 0 Å². The zero-order valence-corrected chi connectivity index (χ0v) is 12.9. The van der Waals surface area contributed by atoms with Gasteiger partial charge in [-0.25, -0.2) is 0 Å². The van der Waals surface area contributed by atoms with Crippen molar-refractivity contribution >= 4 is 0 Å². The maximum atomic E-state index is 9.87. The Kier molecular flexibility index (Phi) is 4.94. The molecular weight excluding hydrogens is 260 g/mol. The van der Waals surface area contributed by atoms with Crippen molar-refractivity contribution in [1.29, 1.82) is 0 Å². The average molecular weight is 288 g/mol. The minimum Gasteiger partial charge on any atom is -0.396 e. The van der Waals surface area contributed by atoms with Gasteiger partial charge in [-0.2, -0.15) is 0 Å². The maximum absolute atomic E-state index is 9.87. The molecular formula is C18H28N2O. The molecule has 1 fully saturated rings. The van der Waals surface area contributed by atoms with Crippen molar-refractivity contribution in [2.75, 3.05) is 19.7 Å². The van der Waals surface area contributed by atoms with Crippen LogP contribution in [0.5, 0.6) is 0 Å². The molecule has 1 aliphatic carbocycles. The van der Waals surface area contributed by atoms with E-state index in [1.165, 1.54) is 43.2 Å². The standard InChI is InChI=1S/C18H28N2O/c21-14-18(9-4-1-5-10-18)13-20-17-8-11-19-12-15-6-2-3-7-16(15)17/h2-3,6-7,17,19-21H,1,4-5,8-14H2. The van der Waals surface area contributed by atoms with E-state index < -0.39 is 0 Å². The van der Waals surface area contributed by atoms with Crippen LogP contribution in [0, 0.1) is 5.41 Å². The van der Waals surface area contributed by atoms with Crippen LogP contribution in [-0.4, -0.2) is 24.8 Å². The zero-order chi connectivity index (χ0) is 14.5. The molecule has 1 aromatic rings. The second-order valence-electron chi connectivity index (χ2n) is 6.82. The second-order valence-corrected chi connectivity index (χ2v) is 6.82. The van der Waals surface area contributed by atoms with Crippen LogP contribution >= 0.6 is 0 Å². The third-order valence-electron chi connectivity index (χ3n) is 5.33. The van der Waals surface area contributed by atoms with E-state index in [2.05, 4.69) is 34.9 Å². The van der Waals surface area contributed by atoms with Crippen LogP contribution in [0.15, 0.2) is 24.3 Å². The summed E-state index contributed by atoms with van der Waals surface area (Å²) in [6.45, 7) is 3.30. The number of fused-ring (bicyclic) bond motifs is 1. The van der Waals surface area contributed by atoms with Gasteiger partial charge in [-0.15, -0.1) is 0 Å². The van der Waals surface area contributed by atoms with E-state index in [1.54, 1.807) is 0 Å². The zero-order valence-electron chi connectivity index (χ0n) is 12.9. The van der Waals surface area contributed by atoms with Crippen LogP contribution in [0.3, 0.4) is 0 Å². The van der Waals surface area contributed by atoms with Crippen LogP contribution in [0.2, 0.25) is 0 Å². The predicted octanol–water partition coefficient (Wildman–Crippen LogP) is 2.75. The highest BCUT2D eigenvalue weighted by atomic mass is 16.3. The third-order valence-corrected chi connectivity index (χ3v) is 5.33. The van der Waals surface area contributed by atoms with Crippen LogP contribution in [0.4, 0.5) is 0 Å². The van der Waals surface area contributed by atoms with Crippen LogP contribution in [0.25, 0.3) is 0 Å². The van der Waals surface area contributed by atoms with Gasteiger partial charge in [0.25, 0.3) is 0 Å². The first-order valence-corrected chi connectivity index (χ1v) is 8.46. The molecule has 2 aliphatic rings. The Morgan fingerprint density at radius 1 is 1.19 bits per heavy atom. The van der Waals surface area contributed by atoms with Crippen LogP contribution < -0.4 is 10.6 Å². The highest BCUT2D eigenvalue weighted by molar-refractivity contribution is 5.31. The number of hydrogen-bond donors (Lipinski definition) is 3. The molecule has 0 saturated heterocycles. The predicted molar refractivity (Wildman–Crippen MR) is 86.1 cm³/mol. The second kappa shape index (κ2) is 6.91. The lowest BCUT2D eigenvalue weighted by molar-refractivity contribution is 0.0780. The summed E-state index contributed by atoms with van der Waals surface area (Å²) in [6.07, 6.45) is 7.33. The molecule has 3 rings (SSSR count). The lowest BCUT2D eigenvalue weighted by atomic mass is 9.74. The molecule has 0 amide bonds. The number of rotatable bonds is 4. The quantitative estimate of drug-likeness (QED) is 0.798. The first-order chi connectivity index (χ1) is 10.3. The van der Waals surface area contributed by atoms with Crippen molar-refractivity contribution in [1.82, 2.24) is 10.6 Å². The molecule has 116 valence electrons. The van der Waals surface area contributed by atoms with Gasteiger partial charge in [0.05, 0.1) is 0 Å². The molecule has 1 unspecified atom stereocenters. The molecule has 1 atom stereocenters. The Balaban J connectivity index is 1.69. The molecule has 0 radical (unpaired) electrons. The Hall–Kier alpha value is -0.900. The van der Waals surface area contributed by atoms with Gasteiger partial charge in [0, 0.05) is 31.2 Å². The first-order valence-electron chi connectivity index (χ1n) is 8.46. The smallest absolute Gasteiger partial charge is 0.0499 e. The summed E-state index contributed by atoms with van der Waals surface area (Å²) in [5.41, 5.74) is 2.97. The Morgan fingerprint density at radius 2 is 2.00 bits per heavy atom. The molecule has 0 bridgehead atoms. The van der Waals surface area contributed by atoms with Gasteiger partial charge in [0.2, 0.25) is 0 Å². The fourth-order valence-electron chi connectivity index (χ4n) is 3.90. The van der Waals surface area contributed by atoms with Gasteiger partial charge in [0.15, 0.2) is 0 Å². The molecule has 3 heteroatoms. The van der Waals surface area contributed by atoms with Crippen molar-refractivity contribution in [2.24, 2.45) is 5.41 Å². The molecule has 1 heterocycles. The molecule has 3 N–H and O–H groups in total. The number of aliphatic hydroxyl groups is 1. The normalized spacial score (nSPS) is 25.1. The summed E-state index contributed by atoms with van der Waals surface area (Å²) in [5.74, 6) is 0. The number of benzene rings is 1. The van der Waals surface area contributed by atoms with Crippen molar-refractivity contribution in [2.45, 2.75) is 51.1 Å². The van der Waals surface area contributed by atoms with E-state index in [9.17, 15) is 5.11 Å². The summed E-state index contributed by atoms with van der Waals surface area (Å²) in [4.78, 5) is 0. The van der Waals surface area contributed by atoms with Gasteiger partial charge in [-0.05, 0) is 36.9 Å². The highest BCUT2D eigenvalue weighted by Crippen LogP contribution is 2.36. The minimum absolute atomic E-state index is 0.118. The van der Waals surface area contributed by atoms with Gasteiger partial charge in [-0.1, -0.05) is 43.5 Å². The summed E-state index contributed by atoms with van der Waals surface area (Å²) in [7, 11) is 0. The molecule has 0 spiro atoms. The maximum Gasteiger partial charge on any atom is 0.0499 e. The van der Waals surface area contributed by atoms with Crippen molar-refractivity contribution in [3.63, 3.8) is 0 Å². The molecule has 3 nitrogen and oxygen atoms in total. The van der Waals surface area contributed by atoms with Gasteiger partial charge in [-0.3, -0.25) is 0 Å². The van der Waals surface area contributed by atoms with E-state index in [1.807, 2.05) is 0 Å². The number of nitrogens with one attached hydrogen (secondary N) is 2. The molecule has 1 aliphatic heterocycles. The van der Waals surface area contributed by atoms with E-state index in [-0.39, 0.29) is 5.41 Å². The van der Waals surface area contributed by atoms with E-state index in [0.717, 1.165) is 26.1 Å². The fraction of sp³-hybridized carbons (Fsp3) is 0.667. The summed E-state index contributed by atoms with van der Waals surface area (Å²) in [5, 5.41) is 17.2. The fourth-order valence-corrected chi connectivity index (χ4v) is 3.90. The van der Waals surface area contributed by atoms with Gasteiger partial charge < -0.3 is 15.7 Å². The number of hydrogen-bond acceptors (Lipinski definition) is 3. The number of aliphatic hydroxyl groups excluding tert-OH is 1. The van der Waals surface area contributed by atoms with Crippen molar-refractivity contribution in [3.8, 4) is 0 Å². The SMILES string of the molecule is OCC1(CNC2CCNCc3ccccc32)CCCCC1. The molecule has 1 saturated carbocycles. The summed E-state index contributed by atoms with van der Waals surface area (Å²) < 4.78 is 0. The van der Waals surface area contributed by atoms with Crippen LogP contribution in [0.1, 0.15) is 55.7 Å². The topological polar surface area (TPSA) is 44.3 Å². The minimum atomic E-state index is 0.118. The molecule has 21 heavy (non-hydrogen) atoms. The lowest BCUT2D eigenvalue weighted by Gasteiger charge is -2.37. The van der Waals surface area contributed by atoms with E-state index in [0.29, 0.717) is 12.6 Å². The third kappa shape index (κ3) is 3.47. The first kappa shape index (κ1) is 15.0. The summed E-state index contributed by atoms with van der Waals surface area (Å²) >= 11 is 0. The monoisotopic (exact) mass is 288 g/mol. The molecule has 0 aromatic heterocycles. The Morgan fingerprint density at radius 3 is 2.81 bits per heavy atom. The van der Waals surface area contributed by atoms with Crippen molar-refractivity contribution < 1.29 is 5.11 Å². The van der Waals surface area contributed by atoms with E-state index in [4.69, 9.17) is 0 Å². The van der Waals surface area contributed by atoms with E-state index >= 15 is 0 Å². The lowest BCUT2D eigenvalue weighted by Crippen LogP contribution is -2.40. The van der Waals surface area contributed by atoms with Crippen molar-refractivity contribution in [3.05, 3.63) is 35.4 Å². The highest BCUT2D eigenvalue weighted by Gasteiger charge is 2.32. The average Bonchev–Trinajstić information content (AvgIpc) is 2.76. The Bertz CT molecular complexity index is 454. The van der Waals surface area contributed by atoms with Gasteiger partial charge in [0.1, 0.15) is 0 Å². The summed E-state index contributed by atoms with van der Waals surface area (Å²) in [6, 6.07) is 9.17.